The van der Waals surface area contributed by atoms with Crippen molar-refractivity contribution in [2.45, 2.75) is 70.9 Å². The first-order valence-corrected chi connectivity index (χ1v) is 9.12. The number of hydrogen-bond donors (Lipinski definition) is 1. The van der Waals surface area contributed by atoms with E-state index in [1.54, 1.807) is 0 Å². The Labute approximate surface area is 137 Å². The van der Waals surface area contributed by atoms with Crippen molar-refractivity contribution in [3.63, 3.8) is 0 Å². The van der Waals surface area contributed by atoms with Crippen LogP contribution in [0.25, 0.3) is 0 Å². The minimum atomic E-state index is 0.243. The van der Waals surface area contributed by atoms with Crippen LogP contribution < -0.4 is 10.5 Å². The van der Waals surface area contributed by atoms with Crippen LogP contribution in [-0.2, 0) is 6.42 Å². The van der Waals surface area contributed by atoms with Crippen LogP contribution in [0.2, 0.25) is 0 Å². The van der Waals surface area contributed by atoms with Gasteiger partial charge in [0.05, 0.1) is 10.6 Å². The summed E-state index contributed by atoms with van der Waals surface area (Å²) in [5.74, 6) is 1.81. The van der Waals surface area contributed by atoms with E-state index in [0.717, 1.165) is 29.0 Å². The lowest BCUT2D eigenvalue weighted by Gasteiger charge is -2.29. The van der Waals surface area contributed by atoms with Crippen LogP contribution in [0.1, 0.15) is 57.9 Å². The molecule has 0 spiro atoms. The third-order valence-electron chi connectivity index (χ3n) is 4.62. The van der Waals surface area contributed by atoms with Gasteiger partial charge in [-0.15, -0.1) is 0 Å². The van der Waals surface area contributed by atoms with Crippen molar-refractivity contribution in [1.29, 1.82) is 0 Å². The van der Waals surface area contributed by atoms with Crippen molar-refractivity contribution in [3.8, 4) is 5.75 Å². The summed E-state index contributed by atoms with van der Waals surface area (Å²) in [4.78, 5) is 0. The maximum Gasteiger partial charge on any atom is 0.133 e. The minimum Gasteiger partial charge on any atom is -0.489 e. The quantitative estimate of drug-likeness (QED) is 0.773. The van der Waals surface area contributed by atoms with Crippen molar-refractivity contribution in [3.05, 3.63) is 28.2 Å². The molecule has 0 bridgehead atoms. The molecule has 1 aromatic carbocycles. The number of benzene rings is 1. The highest BCUT2D eigenvalue weighted by Crippen LogP contribution is 2.33. The average Bonchev–Trinajstić information content (AvgIpc) is 2.50. The molecule has 0 radical (unpaired) electrons. The standard InChI is InChI=1S/C18H28BrNO/c1-3-13-6-5-7-16(11-13)21-18-9-8-14(12-17(18)19)10-15(20)4-2/h8-9,12-13,15-16H,3-7,10-11,20H2,1-2H3. The lowest BCUT2D eigenvalue weighted by Crippen LogP contribution is -2.25. The average molecular weight is 354 g/mol. The fourth-order valence-corrected chi connectivity index (χ4v) is 3.63. The van der Waals surface area contributed by atoms with Gasteiger partial charge in [0.2, 0.25) is 0 Å². The van der Waals surface area contributed by atoms with E-state index in [0.29, 0.717) is 6.10 Å². The van der Waals surface area contributed by atoms with Crippen LogP contribution in [0.4, 0.5) is 0 Å². The molecule has 3 unspecified atom stereocenters. The van der Waals surface area contributed by atoms with Gasteiger partial charge < -0.3 is 10.5 Å². The largest absolute Gasteiger partial charge is 0.489 e. The molecule has 0 aromatic heterocycles. The molecule has 1 saturated carbocycles. The SMILES string of the molecule is CCC(N)Cc1ccc(OC2CCCC(CC)C2)c(Br)c1. The Balaban J connectivity index is 1.97. The number of halogens is 1. The highest BCUT2D eigenvalue weighted by Gasteiger charge is 2.22. The van der Waals surface area contributed by atoms with Crippen LogP contribution >= 0.6 is 15.9 Å². The molecule has 3 heteroatoms. The number of nitrogens with two attached hydrogens (primary N) is 1. The third kappa shape index (κ3) is 5.00. The van der Waals surface area contributed by atoms with E-state index < -0.39 is 0 Å². The van der Waals surface area contributed by atoms with Gasteiger partial charge in [-0.05, 0) is 71.6 Å². The second kappa shape index (κ2) is 8.19. The smallest absolute Gasteiger partial charge is 0.133 e. The molecule has 118 valence electrons. The van der Waals surface area contributed by atoms with Crippen LogP contribution in [0.15, 0.2) is 22.7 Å². The monoisotopic (exact) mass is 353 g/mol. The second-order valence-electron chi connectivity index (χ2n) is 6.32. The summed E-state index contributed by atoms with van der Waals surface area (Å²) in [7, 11) is 0. The molecule has 0 amide bonds. The van der Waals surface area contributed by atoms with Gasteiger partial charge in [0.15, 0.2) is 0 Å². The first-order valence-electron chi connectivity index (χ1n) is 8.33. The topological polar surface area (TPSA) is 35.2 Å². The molecule has 3 atom stereocenters. The summed E-state index contributed by atoms with van der Waals surface area (Å²) in [6, 6.07) is 6.64. The first-order chi connectivity index (χ1) is 10.1. The van der Waals surface area contributed by atoms with Gasteiger partial charge >= 0.3 is 0 Å². The molecule has 2 nitrogen and oxygen atoms in total. The van der Waals surface area contributed by atoms with Crippen LogP contribution in [0, 0.1) is 5.92 Å². The lowest BCUT2D eigenvalue weighted by atomic mass is 9.85. The summed E-state index contributed by atoms with van der Waals surface area (Å²) in [6.45, 7) is 4.42. The minimum absolute atomic E-state index is 0.243. The van der Waals surface area contributed by atoms with E-state index in [1.807, 2.05) is 0 Å². The molecular formula is C18H28BrNO. The van der Waals surface area contributed by atoms with Crippen LogP contribution in [0.3, 0.4) is 0 Å². The predicted molar refractivity (Wildman–Crippen MR) is 92.8 cm³/mol. The van der Waals surface area contributed by atoms with E-state index in [4.69, 9.17) is 10.5 Å². The number of hydrogen-bond acceptors (Lipinski definition) is 2. The highest BCUT2D eigenvalue weighted by atomic mass is 79.9. The zero-order chi connectivity index (χ0) is 15.2. The fourth-order valence-electron chi connectivity index (χ4n) is 3.11. The van der Waals surface area contributed by atoms with Crippen LogP contribution in [-0.4, -0.2) is 12.1 Å². The van der Waals surface area contributed by atoms with Gasteiger partial charge in [-0.1, -0.05) is 32.8 Å². The van der Waals surface area contributed by atoms with Crippen molar-refractivity contribution in [1.82, 2.24) is 0 Å². The molecule has 0 aliphatic heterocycles. The summed E-state index contributed by atoms with van der Waals surface area (Å²) in [5, 5.41) is 0. The van der Waals surface area contributed by atoms with Crippen molar-refractivity contribution >= 4 is 15.9 Å². The zero-order valence-corrected chi connectivity index (χ0v) is 14.9. The third-order valence-corrected chi connectivity index (χ3v) is 5.24. The van der Waals surface area contributed by atoms with E-state index in [-0.39, 0.29) is 6.04 Å². The maximum absolute atomic E-state index is 6.23. The Morgan fingerprint density at radius 1 is 1.33 bits per heavy atom. The van der Waals surface area contributed by atoms with Crippen molar-refractivity contribution < 1.29 is 4.74 Å². The first kappa shape index (κ1) is 16.8. The Morgan fingerprint density at radius 2 is 2.14 bits per heavy atom. The molecule has 21 heavy (non-hydrogen) atoms. The van der Waals surface area contributed by atoms with Gasteiger partial charge in [0.25, 0.3) is 0 Å². The summed E-state index contributed by atoms with van der Waals surface area (Å²) in [5.41, 5.74) is 7.30. The van der Waals surface area contributed by atoms with Gasteiger partial charge in [-0.2, -0.15) is 0 Å². The lowest BCUT2D eigenvalue weighted by molar-refractivity contribution is 0.121. The number of rotatable bonds is 6. The van der Waals surface area contributed by atoms with Gasteiger partial charge in [0, 0.05) is 6.04 Å². The maximum atomic E-state index is 6.23. The van der Waals surface area contributed by atoms with E-state index in [1.165, 1.54) is 37.7 Å². The molecular weight excluding hydrogens is 326 g/mol. The fraction of sp³-hybridized carbons (Fsp3) is 0.667. The summed E-state index contributed by atoms with van der Waals surface area (Å²) >= 11 is 3.65. The van der Waals surface area contributed by atoms with Gasteiger partial charge in [-0.3, -0.25) is 0 Å². The number of ether oxygens (including phenoxy) is 1. The molecule has 2 N–H and O–H groups in total. The predicted octanol–water partition coefficient (Wildman–Crippen LogP) is 5.08. The normalized spacial score (nSPS) is 23.8. The Hall–Kier alpha value is -0.540. The molecule has 0 heterocycles. The second-order valence-corrected chi connectivity index (χ2v) is 7.17. The Morgan fingerprint density at radius 3 is 2.81 bits per heavy atom. The Kier molecular flexibility index (Phi) is 6.56. The van der Waals surface area contributed by atoms with E-state index >= 15 is 0 Å². The Bertz CT molecular complexity index is 449. The van der Waals surface area contributed by atoms with Gasteiger partial charge in [-0.25, -0.2) is 0 Å². The van der Waals surface area contributed by atoms with Crippen LogP contribution in [0.5, 0.6) is 5.75 Å². The molecule has 0 saturated heterocycles. The van der Waals surface area contributed by atoms with Crippen molar-refractivity contribution in [2.75, 3.05) is 0 Å². The molecule has 1 aliphatic carbocycles. The summed E-state index contributed by atoms with van der Waals surface area (Å²) < 4.78 is 7.28. The van der Waals surface area contributed by atoms with Crippen molar-refractivity contribution in [2.24, 2.45) is 11.7 Å². The molecule has 1 aromatic rings. The highest BCUT2D eigenvalue weighted by molar-refractivity contribution is 9.10. The molecule has 2 rings (SSSR count). The van der Waals surface area contributed by atoms with E-state index in [2.05, 4.69) is 48.0 Å². The summed E-state index contributed by atoms with van der Waals surface area (Å²) in [6.07, 6.45) is 8.64. The molecule has 1 aliphatic rings. The van der Waals surface area contributed by atoms with Gasteiger partial charge in [0.1, 0.15) is 5.75 Å². The van der Waals surface area contributed by atoms with E-state index in [9.17, 15) is 0 Å². The molecule has 1 fully saturated rings. The zero-order valence-electron chi connectivity index (χ0n) is 13.3.